The summed E-state index contributed by atoms with van der Waals surface area (Å²) < 4.78 is 5.19. The molecule has 142 valence electrons. The SMILES string of the molecule is COc1cccc(C(=O)N2CCN(C(=O)CCc3ccccc3C)CC2)c1. The Kier molecular flexibility index (Phi) is 6.12. The van der Waals surface area contributed by atoms with Gasteiger partial charge in [-0.25, -0.2) is 0 Å². The van der Waals surface area contributed by atoms with Crippen LogP contribution in [0.2, 0.25) is 0 Å². The van der Waals surface area contributed by atoms with Gasteiger partial charge in [0.05, 0.1) is 7.11 Å². The number of piperazine rings is 1. The van der Waals surface area contributed by atoms with Gasteiger partial charge < -0.3 is 14.5 Å². The number of benzene rings is 2. The highest BCUT2D eigenvalue weighted by molar-refractivity contribution is 5.94. The molecule has 1 aliphatic rings. The first kappa shape index (κ1) is 19.0. The van der Waals surface area contributed by atoms with Crippen molar-refractivity contribution in [2.45, 2.75) is 19.8 Å². The molecule has 0 atom stereocenters. The summed E-state index contributed by atoms with van der Waals surface area (Å²) in [6.07, 6.45) is 1.27. The average molecular weight is 366 g/mol. The Morgan fingerprint density at radius 2 is 1.67 bits per heavy atom. The summed E-state index contributed by atoms with van der Waals surface area (Å²) in [6, 6.07) is 15.4. The molecule has 0 spiro atoms. The summed E-state index contributed by atoms with van der Waals surface area (Å²) in [7, 11) is 1.59. The maximum atomic E-state index is 12.7. The molecule has 1 aliphatic heterocycles. The third-order valence-corrected chi connectivity index (χ3v) is 5.11. The smallest absolute Gasteiger partial charge is 0.254 e. The van der Waals surface area contributed by atoms with Crippen molar-refractivity contribution < 1.29 is 14.3 Å². The molecule has 0 N–H and O–H groups in total. The maximum absolute atomic E-state index is 12.7. The molecule has 2 aromatic rings. The zero-order valence-corrected chi connectivity index (χ0v) is 16.0. The number of carbonyl (C=O) groups excluding carboxylic acids is 2. The van der Waals surface area contributed by atoms with Gasteiger partial charge in [0.1, 0.15) is 5.75 Å². The summed E-state index contributed by atoms with van der Waals surface area (Å²) in [4.78, 5) is 28.9. The Bertz CT molecular complexity index is 811. The number of carbonyl (C=O) groups is 2. The van der Waals surface area contributed by atoms with E-state index in [0.29, 0.717) is 43.9 Å². The number of rotatable bonds is 5. The van der Waals surface area contributed by atoms with E-state index in [1.54, 1.807) is 24.1 Å². The minimum atomic E-state index is -0.0130. The van der Waals surface area contributed by atoms with Gasteiger partial charge in [0.2, 0.25) is 5.91 Å². The van der Waals surface area contributed by atoms with Crippen molar-refractivity contribution in [2.24, 2.45) is 0 Å². The van der Waals surface area contributed by atoms with E-state index < -0.39 is 0 Å². The zero-order valence-electron chi connectivity index (χ0n) is 16.0. The summed E-state index contributed by atoms with van der Waals surface area (Å²) in [5.41, 5.74) is 3.06. The van der Waals surface area contributed by atoms with Gasteiger partial charge >= 0.3 is 0 Å². The lowest BCUT2D eigenvalue weighted by molar-refractivity contribution is -0.132. The van der Waals surface area contributed by atoms with E-state index in [-0.39, 0.29) is 11.8 Å². The zero-order chi connectivity index (χ0) is 19.2. The highest BCUT2D eigenvalue weighted by Crippen LogP contribution is 2.16. The minimum Gasteiger partial charge on any atom is -0.497 e. The standard InChI is InChI=1S/C22H26N2O3/c1-17-6-3-4-7-18(17)10-11-21(25)23-12-14-24(15-13-23)22(26)19-8-5-9-20(16-19)27-2/h3-9,16H,10-15H2,1-2H3. The number of aryl methyl sites for hydroxylation is 2. The molecule has 2 amide bonds. The van der Waals surface area contributed by atoms with Crippen LogP contribution in [-0.2, 0) is 11.2 Å². The van der Waals surface area contributed by atoms with Gasteiger partial charge in [-0.15, -0.1) is 0 Å². The van der Waals surface area contributed by atoms with E-state index in [9.17, 15) is 9.59 Å². The third kappa shape index (κ3) is 4.67. The first-order valence-corrected chi connectivity index (χ1v) is 9.34. The lowest BCUT2D eigenvalue weighted by atomic mass is 10.0. The van der Waals surface area contributed by atoms with Crippen molar-refractivity contribution in [2.75, 3.05) is 33.3 Å². The first-order chi connectivity index (χ1) is 13.1. The molecule has 3 rings (SSSR count). The van der Waals surface area contributed by atoms with Crippen molar-refractivity contribution in [3.05, 3.63) is 65.2 Å². The summed E-state index contributed by atoms with van der Waals surface area (Å²) >= 11 is 0. The fourth-order valence-electron chi connectivity index (χ4n) is 3.39. The Labute approximate surface area is 160 Å². The topological polar surface area (TPSA) is 49.9 Å². The Morgan fingerprint density at radius 1 is 0.963 bits per heavy atom. The average Bonchev–Trinajstić information content (AvgIpc) is 2.72. The van der Waals surface area contributed by atoms with Crippen LogP contribution in [-0.4, -0.2) is 54.9 Å². The molecular weight excluding hydrogens is 340 g/mol. The van der Waals surface area contributed by atoms with Gasteiger partial charge in [0.25, 0.3) is 5.91 Å². The highest BCUT2D eigenvalue weighted by atomic mass is 16.5. The Morgan fingerprint density at radius 3 is 2.37 bits per heavy atom. The predicted molar refractivity (Wildman–Crippen MR) is 105 cm³/mol. The fraction of sp³-hybridized carbons (Fsp3) is 0.364. The molecule has 1 heterocycles. The van der Waals surface area contributed by atoms with Crippen molar-refractivity contribution in [1.29, 1.82) is 0 Å². The van der Waals surface area contributed by atoms with Gasteiger partial charge in [-0.05, 0) is 42.7 Å². The first-order valence-electron chi connectivity index (χ1n) is 9.34. The van der Waals surface area contributed by atoms with E-state index in [1.807, 2.05) is 29.2 Å². The van der Waals surface area contributed by atoms with Gasteiger partial charge in [-0.3, -0.25) is 9.59 Å². The van der Waals surface area contributed by atoms with Crippen LogP contribution in [0.25, 0.3) is 0 Å². The summed E-state index contributed by atoms with van der Waals surface area (Å²) in [6.45, 7) is 4.37. The number of methoxy groups -OCH3 is 1. The Balaban J connectivity index is 1.51. The fourth-order valence-corrected chi connectivity index (χ4v) is 3.39. The third-order valence-electron chi connectivity index (χ3n) is 5.11. The van der Waals surface area contributed by atoms with Gasteiger partial charge in [0, 0.05) is 38.2 Å². The normalized spacial score (nSPS) is 14.1. The highest BCUT2D eigenvalue weighted by Gasteiger charge is 2.24. The lowest BCUT2D eigenvalue weighted by Gasteiger charge is -2.35. The van der Waals surface area contributed by atoms with Gasteiger partial charge in [-0.2, -0.15) is 0 Å². The van der Waals surface area contributed by atoms with Crippen molar-refractivity contribution in [3.8, 4) is 5.75 Å². The molecule has 0 bridgehead atoms. The molecule has 0 saturated carbocycles. The van der Waals surface area contributed by atoms with Crippen LogP contribution in [0.4, 0.5) is 0 Å². The predicted octanol–water partition coefficient (Wildman–Crippen LogP) is 2.92. The minimum absolute atomic E-state index is 0.0130. The molecule has 2 aromatic carbocycles. The molecule has 0 aliphatic carbocycles. The van der Waals surface area contributed by atoms with E-state index >= 15 is 0 Å². The van der Waals surface area contributed by atoms with E-state index in [4.69, 9.17) is 4.74 Å². The van der Waals surface area contributed by atoms with Gasteiger partial charge in [-0.1, -0.05) is 30.3 Å². The van der Waals surface area contributed by atoms with E-state index in [1.165, 1.54) is 11.1 Å². The number of hydrogen-bond acceptors (Lipinski definition) is 3. The molecular formula is C22H26N2O3. The van der Waals surface area contributed by atoms with Crippen LogP contribution in [0.5, 0.6) is 5.75 Å². The maximum Gasteiger partial charge on any atom is 0.254 e. The molecule has 5 heteroatoms. The van der Waals surface area contributed by atoms with Crippen LogP contribution >= 0.6 is 0 Å². The second kappa shape index (κ2) is 8.71. The quantitative estimate of drug-likeness (QED) is 0.818. The van der Waals surface area contributed by atoms with Gasteiger partial charge in [0.15, 0.2) is 0 Å². The molecule has 0 aromatic heterocycles. The second-order valence-corrected chi connectivity index (χ2v) is 6.83. The molecule has 1 fully saturated rings. The number of hydrogen-bond donors (Lipinski definition) is 0. The van der Waals surface area contributed by atoms with Crippen LogP contribution in [0.15, 0.2) is 48.5 Å². The lowest BCUT2D eigenvalue weighted by Crippen LogP contribution is -2.50. The summed E-state index contributed by atoms with van der Waals surface area (Å²) in [5, 5.41) is 0. The molecule has 0 radical (unpaired) electrons. The largest absolute Gasteiger partial charge is 0.497 e. The number of amides is 2. The van der Waals surface area contributed by atoms with Crippen molar-refractivity contribution in [3.63, 3.8) is 0 Å². The second-order valence-electron chi connectivity index (χ2n) is 6.83. The molecule has 1 saturated heterocycles. The number of ether oxygens (including phenoxy) is 1. The summed E-state index contributed by atoms with van der Waals surface area (Å²) in [5.74, 6) is 0.818. The Hall–Kier alpha value is -2.82. The monoisotopic (exact) mass is 366 g/mol. The van der Waals surface area contributed by atoms with Crippen LogP contribution < -0.4 is 4.74 Å². The van der Waals surface area contributed by atoms with Crippen LogP contribution in [0, 0.1) is 6.92 Å². The molecule has 0 unspecified atom stereocenters. The van der Waals surface area contributed by atoms with Crippen molar-refractivity contribution in [1.82, 2.24) is 9.80 Å². The van der Waals surface area contributed by atoms with Crippen molar-refractivity contribution >= 4 is 11.8 Å². The van der Waals surface area contributed by atoms with E-state index in [0.717, 1.165) is 6.42 Å². The van der Waals surface area contributed by atoms with E-state index in [2.05, 4.69) is 19.1 Å². The number of nitrogens with zero attached hydrogens (tertiary/aromatic N) is 2. The van der Waals surface area contributed by atoms with Crippen LogP contribution in [0.3, 0.4) is 0 Å². The van der Waals surface area contributed by atoms with Crippen LogP contribution in [0.1, 0.15) is 27.9 Å². The molecule has 27 heavy (non-hydrogen) atoms. The molecule has 5 nitrogen and oxygen atoms in total.